The number of likely N-dealkylation sites (tertiary alicyclic amines) is 1. The van der Waals surface area contributed by atoms with Crippen molar-refractivity contribution in [1.29, 1.82) is 0 Å². The number of rotatable bonds is 2. The Morgan fingerprint density at radius 3 is 2.63 bits per heavy atom. The lowest BCUT2D eigenvalue weighted by Gasteiger charge is -2.22. The number of halogens is 3. The molecule has 102 valence electrons. The molecule has 1 aliphatic rings. The summed E-state index contributed by atoms with van der Waals surface area (Å²) in [5.41, 5.74) is -0.0725. The van der Waals surface area contributed by atoms with Crippen LogP contribution >= 0.6 is 23.2 Å². The van der Waals surface area contributed by atoms with Gasteiger partial charge in [0, 0.05) is 6.54 Å². The molecule has 4 nitrogen and oxygen atoms in total. The van der Waals surface area contributed by atoms with Crippen molar-refractivity contribution in [2.45, 2.75) is 18.9 Å². The Morgan fingerprint density at radius 1 is 1.32 bits per heavy atom. The molecule has 1 saturated heterocycles. The Kier molecular flexibility index (Phi) is 3.96. The average Bonchev–Trinajstić information content (AvgIpc) is 2.82. The number of nitrogens with zero attached hydrogens (tertiary/aromatic N) is 1. The van der Waals surface area contributed by atoms with Gasteiger partial charge in [-0.3, -0.25) is 4.79 Å². The van der Waals surface area contributed by atoms with Gasteiger partial charge < -0.3 is 10.0 Å². The van der Waals surface area contributed by atoms with Crippen LogP contribution in [0.3, 0.4) is 0 Å². The largest absolute Gasteiger partial charge is 0.480 e. The highest BCUT2D eigenvalue weighted by molar-refractivity contribution is 6.36. The molecule has 0 aliphatic carbocycles. The molecule has 1 aromatic rings. The van der Waals surface area contributed by atoms with Crippen LogP contribution in [-0.2, 0) is 4.79 Å². The normalized spacial score (nSPS) is 18.7. The van der Waals surface area contributed by atoms with Gasteiger partial charge in [0.05, 0.1) is 15.6 Å². The highest BCUT2D eigenvalue weighted by Gasteiger charge is 2.35. The molecule has 1 N–H and O–H groups in total. The number of carboxylic acid groups (broad SMARTS) is 1. The quantitative estimate of drug-likeness (QED) is 0.855. The molecular weight excluding hydrogens is 296 g/mol. The molecule has 1 amide bonds. The highest BCUT2D eigenvalue weighted by Crippen LogP contribution is 2.28. The number of aliphatic carboxylic acids is 1. The second-order valence-electron chi connectivity index (χ2n) is 4.24. The van der Waals surface area contributed by atoms with E-state index in [0.717, 1.165) is 12.1 Å². The van der Waals surface area contributed by atoms with Crippen molar-refractivity contribution >= 4 is 35.1 Å². The summed E-state index contributed by atoms with van der Waals surface area (Å²) in [5, 5.41) is 8.85. The maximum atomic E-state index is 13.4. The predicted molar refractivity (Wildman–Crippen MR) is 68.1 cm³/mol. The minimum atomic E-state index is -1.07. The lowest BCUT2D eigenvalue weighted by atomic mass is 10.1. The molecule has 1 heterocycles. The van der Waals surface area contributed by atoms with Gasteiger partial charge in [-0.2, -0.15) is 0 Å². The predicted octanol–water partition coefficient (Wildman–Crippen LogP) is 2.82. The van der Waals surface area contributed by atoms with Gasteiger partial charge in [0.25, 0.3) is 5.91 Å². The fourth-order valence-corrected chi connectivity index (χ4v) is 2.57. The number of amides is 1. The number of carbonyl (C=O) groups is 2. The van der Waals surface area contributed by atoms with Gasteiger partial charge in [-0.05, 0) is 25.0 Å². The summed E-state index contributed by atoms with van der Waals surface area (Å²) in [6.45, 7) is 0.316. The zero-order chi connectivity index (χ0) is 14.2. The maximum Gasteiger partial charge on any atom is 0.326 e. The van der Waals surface area contributed by atoms with Crippen molar-refractivity contribution in [3.05, 3.63) is 33.6 Å². The topological polar surface area (TPSA) is 57.6 Å². The third-order valence-corrected chi connectivity index (χ3v) is 3.64. The highest BCUT2D eigenvalue weighted by atomic mass is 35.5. The summed E-state index contributed by atoms with van der Waals surface area (Å²) in [6.07, 6.45) is 0.977. The third kappa shape index (κ3) is 2.67. The maximum absolute atomic E-state index is 13.4. The van der Waals surface area contributed by atoms with Crippen LogP contribution < -0.4 is 0 Å². The van der Waals surface area contributed by atoms with Crippen LogP contribution in [-0.4, -0.2) is 34.5 Å². The molecule has 1 atom stereocenters. The summed E-state index contributed by atoms with van der Waals surface area (Å²) < 4.78 is 13.4. The van der Waals surface area contributed by atoms with Gasteiger partial charge in [-0.1, -0.05) is 23.2 Å². The second kappa shape index (κ2) is 5.35. The van der Waals surface area contributed by atoms with E-state index in [9.17, 15) is 14.0 Å². The van der Waals surface area contributed by atoms with E-state index in [0.29, 0.717) is 19.4 Å². The molecule has 1 aromatic carbocycles. The zero-order valence-corrected chi connectivity index (χ0v) is 11.2. The monoisotopic (exact) mass is 305 g/mol. The summed E-state index contributed by atoms with van der Waals surface area (Å²) >= 11 is 11.4. The van der Waals surface area contributed by atoms with Gasteiger partial charge in [0.1, 0.15) is 11.9 Å². The van der Waals surface area contributed by atoms with E-state index in [1.54, 1.807) is 0 Å². The van der Waals surface area contributed by atoms with Crippen LogP contribution in [0.25, 0.3) is 0 Å². The van der Waals surface area contributed by atoms with Crippen molar-refractivity contribution in [3.63, 3.8) is 0 Å². The van der Waals surface area contributed by atoms with Crippen LogP contribution in [0.4, 0.5) is 4.39 Å². The van der Waals surface area contributed by atoms with E-state index >= 15 is 0 Å². The van der Waals surface area contributed by atoms with Crippen LogP contribution in [0.5, 0.6) is 0 Å². The summed E-state index contributed by atoms with van der Waals surface area (Å²) in [4.78, 5) is 24.4. The van der Waals surface area contributed by atoms with Gasteiger partial charge in [-0.25, -0.2) is 9.18 Å². The van der Waals surface area contributed by atoms with E-state index in [-0.39, 0.29) is 15.6 Å². The standard InChI is InChI=1S/C12H10Cl2FNO3/c13-7-5-8(14)9(15)4-6(7)11(17)16-3-1-2-10(16)12(18)19/h4-5,10H,1-3H2,(H,18,19)/t10-/m1/s1. The molecule has 7 heteroatoms. The Hall–Kier alpha value is -1.33. The SMILES string of the molecule is O=C(O)[C@H]1CCCN1C(=O)c1cc(F)c(Cl)cc1Cl. The van der Waals surface area contributed by atoms with Crippen LogP contribution in [0, 0.1) is 5.82 Å². The molecule has 0 spiro atoms. The zero-order valence-electron chi connectivity index (χ0n) is 9.70. The van der Waals surface area contributed by atoms with Crippen molar-refractivity contribution in [3.8, 4) is 0 Å². The number of carbonyl (C=O) groups excluding carboxylic acids is 1. The fraction of sp³-hybridized carbons (Fsp3) is 0.333. The van der Waals surface area contributed by atoms with Crippen molar-refractivity contribution in [2.24, 2.45) is 0 Å². The van der Waals surface area contributed by atoms with E-state index in [4.69, 9.17) is 28.3 Å². The van der Waals surface area contributed by atoms with Gasteiger partial charge in [0.15, 0.2) is 0 Å². The lowest BCUT2D eigenvalue weighted by molar-refractivity contribution is -0.141. The molecule has 1 aliphatic heterocycles. The van der Waals surface area contributed by atoms with Crippen LogP contribution in [0.2, 0.25) is 10.0 Å². The Morgan fingerprint density at radius 2 is 2.00 bits per heavy atom. The van der Waals surface area contributed by atoms with Crippen LogP contribution in [0.1, 0.15) is 23.2 Å². The van der Waals surface area contributed by atoms with E-state index in [2.05, 4.69) is 0 Å². The van der Waals surface area contributed by atoms with Gasteiger partial charge in [-0.15, -0.1) is 0 Å². The molecule has 19 heavy (non-hydrogen) atoms. The van der Waals surface area contributed by atoms with Gasteiger partial charge in [0.2, 0.25) is 0 Å². The summed E-state index contributed by atoms with van der Waals surface area (Å²) in [5.74, 6) is -2.43. The Bertz CT molecular complexity index is 550. The number of carboxylic acids is 1. The van der Waals surface area contributed by atoms with Crippen molar-refractivity contribution in [1.82, 2.24) is 4.90 Å². The molecule has 1 fully saturated rings. The van der Waals surface area contributed by atoms with E-state index < -0.39 is 23.7 Å². The summed E-state index contributed by atoms with van der Waals surface area (Å²) in [7, 11) is 0. The average molecular weight is 306 g/mol. The number of benzene rings is 1. The first-order valence-electron chi connectivity index (χ1n) is 5.60. The van der Waals surface area contributed by atoms with Crippen molar-refractivity contribution in [2.75, 3.05) is 6.54 Å². The number of hydrogen-bond acceptors (Lipinski definition) is 2. The number of hydrogen-bond donors (Lipinski definition) is 1. The first-order chi connectivity index (χ1) is 8.91. The molecule has 0 radical (unpaired) electrons. The Labute approximate surface area is 118 Å². The van der Waals surface area contributed by atoms with E-state index in [1.807, 2.05) is 0 Å². The Balaban J connectivity index is 2.34. The first-order valence-corrected chi connectivity index (χ1v) is 6.35. The molecule has 2 rings (SSSR count). The summed E-state index contributed by atoms with van der Waals surface area (Å²) in [6, 6.07) is 1.18. The minimum absolute atomic E-state index is 0.00689. The van der Waals surface area contributed by atoms with E-state index in [1.165, 1.54) is 4.90 Å². The van der Waals surface area contributed by atoms with Crippen LogP contribution in [0.15, 0.2) is 12.1 Å². The molecule has 0 unspecified atom stereocenters. The minimum Gasteiger partial charge on any atom is -0.480 e. The van der Waals surface area contributed by atoms with Gasteiger partial charge >= 0.3 is 5.97 Å². The third-order valence-electron chi connectivity index (χ3n) is 3.04. The smallest absolute Gasteiger partial charge is 0.326 e. The molecular formula is C12H10Cl2FNO3. The second-order valence-corrected chi connectivity index (χ2v) is 5.06. The first kappa shape index (κ1) is 14.1. The lowest BCUT2D eigenvalue weighted by Crippen LogP contribution is -2.40. The van der Waals surface area contributed by atoms with Crippen molar-refractivity contribution < 1.29 is 19.1 Å². The molecule has 0 bridgehead atoms. The molecule has 0 saturated carbocycles. The fourth-order valence-electron chi connectivity index (χ4n) is 2.11. The molecule has 0 aromatic heterocycles.